The van der Waals surface area contributed by atoms with E-state index < -0.39 is 24.3 Å². The number of nitrogens with one attached hydrogen (secondary N) is 1. The largest absolute Gasteiger partial charge is 0.387 e. The molecule has 1 aromatic rings. The van der Waals surface area contributed by atoms with E-state index in [9.17, 15) is 14.4 Å². The number of hydrogen-bond acceptors (Lipinski definition) is 4. The Labute approximate surface area is 154 Å². The number of rotatable bonds is 4. The predicted octanol–water partition coefficient (Wildman–Crippen LogP) is 0.629. The van der Waals surface area contributed by atoms with Crippen LogP contribution < -0.4 is 16.8 Å². The molecule has 1 rings (SSSR count). The Morgan fingerprint density at radius 1 is 0.950 bits per heavy atom. The van der Waals surface area contributed by atoms with Gasteiger partial charge in [0.05, 0.1) is 24.0 Å². The summed E-state index contributed by atoms with van der Waals surface area (Å²) in [4.78, 5) is 34.4. The highest BCUT2D eigenvalue weighted by atomic mass is 127. The van der Waals surface area contributed by atoms with Gasteiger partial charge in [-0.1, -0.05) is 0 Å². The summed E-state index contributed by atoms with van der Waals surface area (Å²) in [5, 5.41) is 11.2. The van der Waals surface area contributed by atoms with E-state index in [1.54, 1.807) is 0 Å². The molecular formula is C10H8I3N3O4. The first kappa shape index (κ1) is 17.8. The van der Waals surface area contributed by atoms with Crippen LogP contribution in [0.2, 0.25) is 0 Å². The number of primary amides is 2. The molecule has 3 amide bonds. The second-order valence-electron chi connectivity index (χ2n) is 3.50. The van der Waals surface area contributed by atoms with E-state index in [1.807, 2.05) is 67.8 Å². The summed E-state index contributed by atoms with van der Waals surface area (Å²) in [6.45, 7) is -0.726. The van der Waals surface area contributed by atoms with Crippen LogP contribution in [0.3, 0.4) is 0 Å². The number of aliphatic hydroxyl groups excluding tert-OH is 1. The second-order valence-corrected chi connectivity index (χ2v) is 6.74. The minimum atomic E-state index is -0.739. The van der Waals surface area contributed by atoms with Crippen molar-refractivity contribution in [2.45, 2.75) is 0 Å². The lowest BCUT2D eigenvalue weighted by atomic mass is 10.1. The van der Waals surface area contributed by atoms with Crippen LogP contribution in [0.15, 0.2) is 0 Å². The van der Waals surface area contributed by atoms with Gasteiger partial charge in [0.1, 0.15) is 6.61 Å². The molecule has 0 heterocycles. The normalized spacial score (nSPS) is 10.2. The van der Waals surface area contributed by atoms with Crippen LogP contribution in [0.25, 0.3) is 0 Å². The molecule has 0 aliphatic heterocycles. The van der Waals surface area contributed by atoms with Crippen molar-refractivity contribution in [3.63, 3.8) is 0 Å². The van der Waals surface area contributed by atoms with Crippen LogP contribution in [0.5, 0.6) is 0 Å². The third kappa shape index (κ3) is 3.51. The smallest absolute Gasteiger partial charge is 0.250 e. The van der Waals surface area contributed by atoms with E-state index in [0.29, 0.717) is 10.7 Å². The molecule has 0 bridgehead atoms. The molecule has 108 valence electrons. The summed E-state index contributed by atoms with van der Waals surface area (Å²) in [6.07, 6.45) is 0. The minimum absolute atomic E-state index is 0.105. The van der Waals surface area contributed by atoms with Gasteiger partial charge in [-0.3, -0.25) is 14.4 Å². The van der Waals surface area contributed by atoms with Crippen LogP contribution >= 0.6 is 67.8 Å². The number of benzene rings is 1. The van der Waals surface area contributed by atoms with E-state index in [-0.39, 0.29) is 16.8 Å². The number of amides is 3. The van der Waals surface area contributed by atoms with Gasteiger partial charge in [-0.2, -0.15) is 0 Å². The molecule has 0 aliphatic rings. The van der Waals surface area contributed by atoms with Gasteiger partial charge >= 0.3 is 0 Å². The zero-order valence-corrected chi connectivity index (χ0v) is 16.1. The monoisotopic (exact) mass is 615 g/mol. The fraction of sp³-hybridized carbons (Fsp3) is 0.100. The van der Waals surface area contributed by atoms with Gasteiger partial charge < -0.3 is 21.9 Å². The number of carbonyl (C=O) groups is 3. The molecule has 6 N–H and O–H groups in total. The predicted molar refractivity (Wildman–Crippen MR) is 97.3 cm³/mol. The van der Waals surface area contributed by atoms with E-state index in [2.05, 4.69) is 5.32 Å². The lowest BCUT2D eigenvalue weighted by molar-refractivity contribution is -0.118. The van der Waals surface area contributed by atoms with E-state index in [0.717, 1.165) is 0 Å². The van der Waals surface area contributed by atoms with Crippen LogP contribution in [0, 0.1) is 10.7 Å². The summed E-state index contributed by atoms with van der Waals surface area (Å²) in [5.41, 5.74) is 11.0. The maximum absolute atomic E-state index is 11.5. The summed E-state index contributed by atoms with van der Waals surface area (Å²) in [6, 6.07) is 0. The fourth-order valence-corrected chi connectivity index (χ4v) is 5.88. The number of halogens is 3. The molecule has 0 spiro atoms. The Balaban J connectivity index is 3.71. The van der Waals surface area contributed by atoms with Crippen molar-refractivity contribution in [1.29, 1.82) is 0 Å². The van der Waals surface area contributed by atoms with Crippen LogP contribution in [0.1, 0.15) is 20.7 Å². The topological polar surface area (TPSA) is 136 Å². The molecular weight excluding hydrogens is 607 g/mol. The third-order valence-corrected chi connectivity index (χ3v) is 5.45. The highest BCUT2D eigenvalue weighted by Gasteiger charge is 2.26. The van der Waals surface area contributed by atoms with Gasteiger partial charge in [-0.05, 0) is 67.8 Å². The fourth-order valence-electron chi connectivity index (χ4n) is 1.39. The molecule has 10 heteroatoms. The summed E-state index contributed by atoms with van der Waals surface area (Å²) in [7, 11) is 0. The van der Waals surface area contributed by atoms with E-state index >= 15 is 0 Å². The number of carbonyl (C=O) groups excluding carboxylic acids is 3. The molecule has 0 saturated heterocycles. The van der Waals surface area contributed by atoms with E-state index in [1.165, 1.54) is 0 Å². The van der Waals surface area contributed by atoms with Crippen molar-refractivity contribution >= 4 is 91.2 Å². The maximum Gasteiger partial charge on any atom is 0.250 e. The first-order valence-electron chi connectivity index (χ1n) is 4.93. The Bertz CT molecular complexity index is 577. The molecule has 0 aromatic heterocycles. The average Bonchev–Trinajstić information content (AvgIpc) is 2.33. The van der Waals surface area contributed by atoms with Gasteiger partial charge in [0.2, 0.25) is 5.91 Å². The van der Waals surface area contributed by atoms with Crippen molar-refractivity contribution < 1.29 is 19.5 Å². The van der Waals surface area contributed by atoms with Gasteiger partial charge in [0.15, 0.2) is 0 Å². The SMILES string of the molecule is NC(=O)c1c(I)c(NC(=O)CO)c(I)c(C(N)=O)c1I. The molecule has 0 radical (unpaired) electrons. The molecule has 0 saturated carbocycles. The Morgan fingerprint density at radius 2 is 1.35 bits per heavy atom. The molecule has 0 unspecified atom stereocenters. The van der Waals surface area contributed by atoms with Crippen molar-refractivity contribution in [2.75, 3.05) is 11.9 Å². The second kappa shape index (κ2) is 7.17. The van der Waals surface area contributed by atoms with Gasteiger partial charge in [-0.15, -0.1) is 0 Å². The van der Waals surface area contributed by atoms with Crippen molar-refractivity contribution in [1.82, 2.24) is 0 Å². The van der Waals surface area contributed by atoms with Crippen LogP contribution in [0.4, 0.5) is 5.69 Å². The summed E-state index contributed by atoms with van der Waals surface area (Å²) >= 11 is 5.49. The molecule has 0 aliphatic carbocycles. The lowest BCUT2D eigenvalue weighted by Crippen LogP contribution is -2.25. The van der Waals surface area contributed by atoms with E-state index in [4.69, 9.17) is 16.6 Å². The van der Waals surface area contributed by atoms with Gasteiger partial charge in [0, 0.05) is 3.57 Å². The lowest BCUT2D eigenvalue weighted by Gasteiger charge is -2.16. The molecule has 7 nitrogen and oxygen atoms in total. The van der Waals surface area contributed by atoms with Crippen LogP contribution in [-0.4, -0.2) is 29.4 Å². The maximum atomic E-state index is 11.5. The molecule has 0 fully saturated rings. The van der Waals surface area contributed by atoms with Crippen molar-refractivity contribution in [2.24, 2.45) is 11.5 Å². The highest BCUT2D eigenvalue weighted by Crippen LogP contribution is 2.35. The molecule has 1 aromatic carbocycles. The first-order chi connectivity index (χ1) is 9.22. The zero-order valence-electron chi connectivity index (χ0n) is 9.67. The quantitative estimate of drug-likeness (QED) is 0.370. The number of aliphatic hydroxyl groups is 1. The number of nitrogens with two attached hydrogens (primary N) is 2. The van der Waals surface area contributed by atoms with Gasteiger partial charge in [-0.25, -0.2) is 0 Å². The zero-order chi connectivity index (χ0) is 15.6. The number of hydrogen-bond donors (Lipinski definition) is 4. The first-order valence-corrected chi connectivity index (χ1v) is 8.16. The number of anilines is 1. The molecule has 0 atom stereocenters. The Hall–Kier alpha value is -0.220. The third-order valence-electron chi connectivity index (χ3n) is 2.22. The van der Waals surface area contributed by atoms with Crippen molar-refractivity contribution in [3.8, 4) is 0 Å². The summed E-state index contributed by atoms with van der Waals surface area (Å²) < 4.78 is 1.10. The molecule has 20 heavy (non-hydrogen) atoms. The van der Waals surface area contributed by atoms with Gasteiger partial charge in [0.25, 0.3) is 11.8 Å². The summed E-state index contributed by atoms with van der Waals surface area (Å²) in [5.74, 6) is -2.15. The average molecular weight is 615 g/mol. The Morgan fingerprint density at radius 3 is 1.65 bits per heavy atom. The Kier molecular flexibility index (Phi) is 6.39. The van der Waals surface area contributed by atoms with Crippen molar-refractivity contribution in [3.05, 3.63) is 21.8 Å². The minimum Gasteiger partial charge on any atom is -0.387 e. The van der Waals surface area contributed by atoms with Crippen LogP contribution in [-0.2, 0) is 4.79 Å². The highest BCUT2D eigenvalue weighted by molar-refractivity contribution is 14.1. The standard InChI is InChI=1S/C10H8I3N3O4/c11-5-3(9(14)19)6(12)8(16-2(18)1-17)7(13)4(5)10(15)20/h17H,1H2,(H2,14,19)(H2,15,20)(H,16,18).